The van der Waals surface area contributed by atoms with E-state index in [4.69, 9.17) is 0 Å². The molecular formula is C13H26O. The maximum absolute atomic E-state index is 9.79. The molecule has 1 heteroatoms. The highest BCUT2D eigenvalue weighted by Gasteiger charge is 2.44. The van der Waals surface area contributed by atoms with Crippen molar-refractivity contribution < 1.29 is 5.11 Å². The Morgan fingerprint density at radius 1 is 1.36 bits per heavy atom. The van der Waals surface area contributed by atoms with E-state index in [1.807, 2.05) is 6.92 Å². The average molecular weight is 198 g/mol. The minimum Gasteiger partial charge on any atom is -0.393 e. The lowest BCUT2D eigenvalue weighted by Gasteiger charge is -2.37. The molecule has 0 amide bonds. The molecule has 0 aromatic heterocycles. The Hall–Kier alpha value is -0.0400. The fourth-order valence-corrected chi connectivity index (χ4v) is 3.27. The fourth-order valence-electron chi connectivity index (χ4n) is 3.27. The Labute approximate surface area is 88.9 Å². The summed E-state index contributed by atoms with van der Waals surface area (Å²) >= 11 is 0. The molecule has 0 spiro atoms. The summed E-state index contributed by atoms with van der Waals surface area (Å²) in [7, 11) is 0. The zero-order chi connectivity index (χ0) is 10.9. The van der Waals surface area contributed by atoms with Gasteiger partial charge in [-0.15, -0.1) is 0 Å². The monoisotopic (exact) mass is 198 g/mol. The summed E-state index contributed by atoms with van der Waals surface area (Å²) in [5.41, 5.74) is 0.414. The van der Waals surface area contributed by atoms with Crippen LogP contribution in [0.5, 0.6) is 0 Å². The summed E-state index contributed by atoms with van der Waals surface area (Å²) in [6, 6.07) is 0. The highest BCUT2D eigenvalue weighted by molar-refractivity contribution is 4.93. The molecule has 0 aromatic rings. The Balaban J connectivity index is 2.77. The third kappa shape index (κ3) is 1.98. The van der Waals surface area contributed by atoms with Crippen molar-refractivity contribution in [1.82, 2.24) is 0 Å². The largest absolute Gasteiger partial charge is 0.393 e. The van der Waals surface area contributed by atoms with Gasteiger partial charge in [0.05, 0.1) is 6.10 Å². The van der Waals surface area contributed by atoms with Crippen molar-refractivity contribution in [3.05, 3.63) is 0 Å². The van der Waals surface area contributed by atoms with E-state index in [0.29, 0.717) is 17.3 Å². The van der Waals surface area contributed by atoms with Crippen LogP contribution in [0, 0.1) is 23.2 Å². The first-order chi connectivity index (χ1) is 6.41. The standard InChI is InChI=1S/C13H26O/c1-6-11(10(3)14)12-8-7-9(2)13(12,4)5/h9-12,14H,6-8H2,1-5H3. The maximum Gasteiger partial charge on any atom is 0.0543 e. The third-order valence-electron chi connectivity index (χ3n) is 4.74. The number of rotatable bonds is 3. The highest BCUT2D eigenvalue weighted by atomic mass is 16.3. The molecule has 0 saturated heterocycles. The topological polar surface area (TPSA) is 20.2 Å². The summed E-state index contributed by atoms with van der Waals surface area (Å²) in [5, 5.41) is 9.79. The minimum absolute atomic E-state index is 0.144. The Morgan fingerprint density at radius 2 is 1.93 bits per heavy atom. The van der Waals surface area contributed by atoms with Gasteiger partial charge in [-0.3, -0.25) is 0 Å². The predicted octanol–water partition coefficient (Wildman–Crippen LogP) is 3.47. The van der Waals surface area contributed by atoms with Crippen molar-refractivity contribution in [2.24, 2.45) is 23.2 Å². The zero-order valence-corrected chi connectivity index (χ0v) is 10.4. The van der Waals surface area contributed by atoms with Gasteiger partial charge in [0.15, 0.2) is 0 Å². The van der Waals surface area contributed by atoms with Crippen LogP contribution >= 0.6 is 0 Å². The van der Waals surface area contributed by atoms with Crippen LogP contribution in [-0.4, -0.2) is 11.2 Å². The van der Waals surface area contributed by atoms with E-state index in [1.54, 1.807) is 0 Å². The summed E-state index contributed by atoms with van der Waals surface area (Å²) in [4.78, 5) is 0. The first kappa shape index (κ1) is 12.0. The van der Waals surface area contributed by atoms with Gasteiger partial charge in [0, 0.05) is 0 Å². The molecule has 1 nitrogen and oxygen atoms in total. The minimum atomic E-state index is -0.144. The van der Waals surface area contributed by atoms with Gasteiger partial charge in [0.1, 0.15) is 0 Å². The normalized spacial score (nSPS) is 35.6. The van der Waals surface area contributed by atoms with Gasteiger partial charge in [0.25, 0.3) is 0 Å². The average Bonchev–Trinajstić information content (AvgIpc) is 2.32. The predicted molar refractivity (Wildman–Crippen MR) is 61.1 cm³/mol. The SMILES string of the molecule is CCC(C(C)O)C1CCC(C)C1(C)C. The van der Waals surface area contributed by atoms with Gasteiger partial charge >= 0.3 is 0 Å². The maximum atomic E-state index is 9.79. The molecule has 4 atom stereocenters. The molecule has 1 aliphatic rings. The van der Waals surface area contributed by atoms with Crippen molar-refractivity contribution in [3.63, 3.8) is 0 Å². The first-order valence-electron chi connectivity index (χ1n) is 6.09. The van der Waals surface area contributed by atoms with E-state index < -0.39 is 0 Å². The Morgan fingerprint density at radius 3 is 2.21 bits per heavy atom. The quantitative estimate of drug-likeness (QED) is 0.736. The molecule has 0 heterocycles. The highest BCUT2D eigenvalue weighted by Crippen LogP contribution is 2.51. The summed E-state index contributed by atoms with van der Waals surface area (Å²) < 4.78 is 0. The number of hydrogen-bond donors (Lipinski definition) is 1. The summed E-state index contributed by atoms with van der Waals surface area (Å²) in [6.45, 7) is 11.3. The van der Waals surface area contributed by atoms with Crippen LogP contribution in [0.25, 0.3) is 0 Å². The van der Waals surface area contributed by atoms with Crippen molar-refractivity contribution >= 4 is 0 Å². The molecular weight excluding hydrogens is 172 g/mol. The molecule has 4 unspecified atom stereocenters. The summed E-state index contributed by atoms with van der Waals surface area (Å²) in [5.74, 6) is 2.01. The van der Waals surface area contributed by atoms with Crippen LogP contribution in [-0.2, 0) is 0 Å². The second-order valence-electron chi connectivity index (χ2n) is 5.72. The van der Waals surface area contributed by atoms with Gasteiger partial charge in [0.2, 0.25) is 0 Å². The molecule has 0 aromatic carbocycles. The zero-order valence-electron chi connectivity index (χ0n) is 10.4. The van der Waals surface area contributed by atoms with E-state index in [-0.39, 0.29) is 6.10 Å². The lowest BCUT2D eigenvalue weighted by molar-refractivity contribution is 0.0362. The Kier molecular flexibility index (Phi) is 3.63. The van der Waals surface area contributed by atoms with Crippen LogP contribution in [0.1, 0.15) is 53.9 Å². The molecule has 0 radical (unpaired) electrons. The molecule has 1 saturated carbocycles. The van der Waals surface area contributed by atoms with E-state index in [2.05, 4.69) is 27.7 Å². The second kappa shape index (κ2) is 4.22. The lowest BCUT2D eigenvalue weighted by atomic mass is 9.69. The van der Waals surface area contributed by atoms with Crippen molar-refractivity contribution in [1.29, 1.82) is 0 Å². The number of hydrogen-bond acceptors (Lipinski definition) is 1. The van der Waals surface area contributed by atoms with Crippen molar-refractivity contribution in [2.45, 2.75) is 60.0 Å². The number of aliphatic hydroxyl groups is 1. The molecule has 1 rings (SSSR count). The molecule has 1 fully saturated rings. The second-order valence-corrected chi connectivity index (χ2v) is 5.72. The molecule has 0 bridgehead atoms. The van der Waals surface area contributed by atoms with Gasteiger partial charge < -0.3 is 5.11 Å². The Bertz CT molecular complexity index is 184. The van der Waals surface area contributed by atoms with Gasteiger partial charge in [-0.2, -0.15) is 0 Å². The van der Waals surface area contributed by atoms with E-state index in [9.17, 15) is 5.11 Å². The van der Waals surface area contributed by atoms with Crippen LogP contribution in [0.4, 0.5) is 0 Å². The molecule has 1 aliphatic carbocycles. The summed E-state index contributed by atoms with van der Waals surface area (Å²) in [6.07, 6.45) is 3.60. The fraction of sp³-hybridized carbons (Fsp3) is 1.00. The van der Waals surface area contributed by atoms with E-state index >= 15 is 0 Å². The smallest absolute Gasteiger partial charge is 0.0543 e. The van der Waals surface area contributed by atoms with Crippen LogP contribution in [0.15, 0.2) is 0 Å². The lowest BCUT2D eigenvalue weighted by Crippen LogP contribution is -2.34. The first-order valence-corrected chi connectivity index (χ1v) is 6.09. The third-order valence-corrected chi connectivity index (χ3v) is 4.74. The van der Waals surface area contributed by atoms with E-state index in [0.717, 1.165) is 12.3 Å². The van der Waals surface area contributed by atoms with Crippen LogP contribution < -0.4 is 0 Å². The van der Waals surface area contributed by atoms with Gasteiger partial charge in [-0.05, 0) is 42.9 Å². The van der Waals surface area contributed by atoms with E-state index in [1.165, 1.54) is 12.8 Å². The van der Waals surface area contributed by atoms with Crippen LogP contribution in [0.3, 0.4) is 0 Å². The van der Waals surface area contributed by atoms with Crippen molar-refractivity contribution in [3.8, 4) is 0 Å². The van der Waals surface area contributed by atoms with Gasteiger partial charge in [-0.1, -0.05) is 34.1 Å². The molecule has 14 heavy (non-hydrogen) atoms. The number of aliphatic hydroxyl groups excluding tert-OH is 1. The molecule has 84 valence electrons. The molecule has 0 aliphatic heterocycles. The van der Waals surface area contributed by atoms with Crippen molar-refractivity contribution in [2.75, 3.05) is 0 Å². The molecule has 1 N–H and O–H groups in total. The van der Waals surface area contributed by atoms with Crippen LogP contribution in [0.2, 0.25) is 0 Å². The van der Waals surface area contributed by atoms with Gasteiger partial charge in [-0.25, -0.2) is 0 Å².